The number of hydrogen-bond acceptors (Lipinski definition) is 5. The summed E-state index contributed by atoms with van der Waals surface area (Å²) in [5.74, 6) is 0. The van der Waals surface area contributed by atoms with Gasteiger partial charge in [-0.15, -0.1) is 11.3 Å². The fourth-order valence-electron chi connectivity index (χ4n) is 2.28. The molecular weight excluding hydrogens is 284 g/mol. The van der Waals surface area contributed by atoms with Crippen molar-refractivity contribution in [3.8, 4) is 0 Å². The number of ether oxygens (including phenoxy) is 1. The van der Waals surface area contributed by atoms with Crippen molar-refractivity contribution in [3.63, 3.8) is 0 Å². The zero-order chi connectivity index (χ0) is 14.1. The molecular formula is C12H20N2O3S2. The van der Waals surface area contributed by atoms with Crippen molar-refractivity contribution >= 4 is 21.4 Å². The molecule has 1 fully saturated rings. The van der Waals surface area contributed by atoms with Gasteiger partial charge in [0, 0.05) is 37.0 Å². The van der Waals surface area contributed by atoms with Crippen LogP contribution in [0.25, 0.3) is 0 Å². The van der Waals surface area contributed by atoms with E-state index in [4.69, 9.17) is 10.5 Å². The molecule has 1 saturated heterocycles. The first-order valence-corrected chi connectivity index (χ1v) is 8.56. The van der Waals surface area contributed by atoms with Gasteiger partial charge in [0.05, 0.1) is 10.5 Å². The highest BCUT2D eigenvalue weighted by molar-refractivity contribution is 7.89. The van der Waals surface area contributed by atoms with Crippen LogP contribution in [0.3, 0.4) is 0 Å². The van der Waals surface area contributed by atoms with Gasteiger partial charge in [0.1, 0.15) is 0 Å². The second-order valence-electron chi connectivity index (χ2n) is 5.05. The molecule has 0 spiro atoms. The molecule has 1 unspecified atom stereocenters. The highest BCUT2D eigenvalue weighted by Crippen LogP contribution is 2.29. The number of nitrogens with two attached hydrogens (primary N) is 1. The minimum absolute atomic E-state index is 0.346. The average Bonchev–Trinajstić information content (AvgIpc) is 2.88. The van der Waals surface area contributed by atoms with Gasteiger partial charge in [0.25, 0.3) is 0 Å². The first kappa shape index (κ1) is 14.9. The van der Waals surface area contributed by atoms with Crippen molar-refractivity contribution in [1.29, 1.82) is 0 Å². The summed E-state index contributed by atoms with van der Waals surface area (Å²) in [5.41, 5.74) is 5.14. The predicted molar refractivity (Wildman–Crippen MR) is 75.6 cm³/mol. The van der Waals surface area contributed by atoms with Crippen LogP contribution in [-0.2, 0) is 21.3 Å². The fourth-order valence-corrected chi connectivity index (χ4v) is 5.02. The van der Waals surface area contributed by atoms with Crippen LogP contribution in [0.5, 0.6) is 0 Å². The third-order valence-corrected chi connectivity index (χ3v) is 6.52. The molecule has 1 aliphatic rings. The molecule has 0 aliphatic carbocycles. The molecule has 1 aromatic heterocycles. The van der Waals surface area contributed by atoms with Gasteiger partial charge in [0.15, 0.2) is 0 Å². The van der Waals surface area contributed by atoms with Crippen LogP contribution in [0.4, 0.5) is 0 Å². The topological polar surface area (TPSA) is 72.6 Å². The van der Waals surface area contributed by atoms with Gasteiger partial charge >= 0.3 is 0 Å². The monoisotopic (exact) mass is 304 g/mol. The lowest BCUT2D eigenvalue weighted by molar-refractivity contribution is -0.0319. The van der Waals surface area contributed by atoms with Gasteiger partial charge in [-0.2, -0.15) is 4.31 Å². The van der Waals surface area contributed by atoms with E-state index in [0.29, 0.717) is 24.5 Å². The minimum atomic E-state index is -3.42. The summed E-state index contributed by atoms with van der Waals surface area (Å²) in [6.07, 6.45) is 1.70. The maximum absolute atomic E-state index is 12.6. The summed E-state index contributed by atoms with van der Waals surface area (Å²) in [6.45, 7) is 3.28. The molecule has 108 valence electrons. The zero-order valence-corrected chi connectivity index (χ0v) is 12.9. The lowest BCUT2D eigenvalue weighted by Crippen LogP contribution is -2.49. The van der Waals surface area contributed by atoms with Crippen LogP contribution >= 0.6 is 11.3 Å². The molecule has 0 bridgehead atoms. The number of thiophene rings is 1. The lowest BCUT2D eigenvalue weighted by atomic mass is 9.96. The lowest BCUT2D eigenvalue weighted by Gasteiger charge is -2.38. The SMILES string of the molecule is COC1(C)CCCN(S(=O)(=O)c2csc(CN)c2)C1. The molecule has 1 atom stereocenters. The molecule has 7 heteroatoms. The molecule has 2 rings (SSSR count). The number of nitrogens with zero attached hydrogens (tertiary/aromatic N) is 1. The van der Waals surface area contributed by atoms with Crippen LogP contribution in [0, 0.1) is 0 Å². The highest BCUT2D eigenvalue weighted by atomic mass is 32.2. The van der Waals surface area contributed by atoms with Crippen LogP contribution < -0.4 is 5.73 Å². The summed E-state index contributed by atoms with van der Waals surface area (Å²) in [5, 5.41) is 1.66. The Morgan fingerprint density at radius 1 is 1.58 bits per heavy atom. The minimum Gasteiger partial charge on any atom is -0.377 e. The van der Waals surface area contributed by atoms with E-state index in [9.17, 15) is 8.42 Å². The standard InChI is InChI=1S/C12H20N2O3S2/c1-12(17-2)4-3-5-14(9-12)19(15,16)11-6-10(7-13)18-8-11/h6,8H,3-5,7,9,13H2,1-2H3. The van der Waals surface area contributed by atoms with Gasteiger partial charge in [-0.3, -0.25) is 0 Å². The quantitative estimate of drug-likeness (QED) is 0.912. The summed E-state index contributed by atoms with van der Waals surface area (Å²) in [6, 6.07) is 1.67. The van der Waals surface area contributed by atoms with Crippen LogP contribution in [0.2, 0.25) is 0 Å². The van der Waals surface area contributed by atoms with Crippen molar-refractivity contribution in [3.05, 3.63) is 16.3 Å². The zero-order valence-electron chi connectivity index (χ0n) is 11.3. The molecule has 0 radical (unpaired) electrons. The first-order chi connectivity index (χ1) is 8.91. The van der Waals surface area contributed by atoms with Gasteiger partial charge in [-0.05, 0) is 25.8 Å². The summed E-state index contributed by atoms with van der Waals surface area (Å²) in [7, 11) is -1.79. The second-order valence-corrected chi connectivity index (χ2v) is 7.98. The Bertz CT molecular complexity index is 541. The molecule has 2 N–H and O–H groups in total. The number of sulfonamides is 1. The summed E-state index contributed by atoms with van der Waals surface area (Å²) >= 11 is 1.38. The van der Waals surface area contributed by atoms with E-state index in [1.165, 1.54) is 15.6 Å². The van der Waals surface area contributed by atoms with Crippen molar-refractivity contribution in [2.24, 2.45) is 5.73 Å². The highest BCUT2D eigenvalue weighted by Gasteiger charge is 2.37. The van der Waals surface area contributed by atoms with Crippen LogP contribution in [-0.4, -0.2) is 38.5 Å². The maximum Gasteiger partial charge on any atom is 0.244 e. The number of piperidine rings is 1. The molecule has 0 amide bonds. The maximum atomic E-state index is 12.6. The molecule has 1 aliphatic heterocycles. The number of rotatable bonds is 4. The smallest absolute Gasteiger partial charge is 0.244 e. The van der Waals surface area contributed by atoms with Crippen molar-refractivity contribution < 1.29 is 13.2 Å². The van der Waals surface area contributed by atoms with E-state index in [-0.39, 0.29) is 0 Å². The predicted octanol–water partition coefficient (Wildman–Crippen LogP) is 1.40. The molecule has 1 aromatic rings. The fraction of sp³-hybridized carbons (Fsp3) is 0.667. The molecule has 0 aromatic carbocycles. The summed E-state index contributed by atoms with van der Waals surface area (Å²) in [4.78, 5) is 1.23. The van der Waals surface area contributed by atoms with Crippen molar-refractivity contribution in [2.75, 3.05) is 20.2 Å². The van der Waals surface area contributed by atoms with E-state index < -0.39 is 15.6 Å². The van der Waals surface area contributed by atoms with E-state index in [1.54, 1.807) is 18.6 Å². The Morgan fingerprint density at radius 3 is 2.89 bits per heavy atom. The molecule has 2 heterocycles. The van der Waals surface area contributed by atoms with Gasteiger partial charge in [-0.1, -0.05) is 0 Å². The van der Waals surface area contributed by atoms with Crippen LogP contribution in [0.15, 0.2) is 16.3 Å². The summed E-state index contributed by atoms with van der Waals surface area (Å²) < 4.78 is 32.1. The molecule has 5 nitrogen and oxygen atoms in total. The van der Waals surface area contributed by atoms with E-state index in [2.05, 4.69) is 0 Å². The average molecular weight is 304 g/mol. The second kappa shape index (κ2) is 5.49. The number of hydrogen-bond donors (Lipinski definition) is 1. The Morgan fingerprint density at radius 2 is 2.32 bits per heavy atom. The van der Waals surface area contributed by atoms with Crippen LogP contribution in [0.1, 0.15) is 24.6 Å². The Kier molecular flexibility index (Phi) is 4.32. The molecule has 19 heavy (non-hydrogen) atoms. The van der Waals surface area contributed by atoms with Crippen molar-refractivity contribution in [1.82, 2.24) is 4.31 Å². The Balaban J connectivity index is 2.24. The van der Waals surface area contributed by atoms with E-state index in [1.807, 2.05) is 6.92 Å². The normalized spacial score (nSPS) is 25.6. The third-order valence-electron chi connectivity index (χ3n) is 3.59. The Hall–Kier alpha value is -0.470. The van der Waals surface area contributed by atoms with Crippen molar-refractivity contribution in [2.45, 2.75) is 36.8 Å². The largest absolute Gasteiger partial charge is 0.377 e. The Labute approximate surface area is 118 Å². The van der Waals surface area contributed by atoms with Gasteiger partial charge in [0.2, 0.25) is 10.0 Å². The first-order valence-electron chi connectivity index (χ1n) is 6.24. The van der Waals surface area contributed by atoms with E-state index >= 15 is 0 Å². The number of methoxy groups -OCH3 is 1. The van der Waals surface area contributed by atoms with Gasteiger partial charge in [-0.25, -0.2) is 8.42 Å². The van der Waals surface area contributed by atoms with Gasteiger partial charge < -0.3 is 10.5 Å². The third kappa shape index (κ3) is 3.00. The molecule has 0 saturated carbocycles. The van der Waals surface area contributed by atoms with E-state index in [0.717, 1.165) is 17.7 Å².